The highest BCUT2D eigenvalue weighted by atomic mass is 32.1. The fourth-order valence-corrected chi connectivity index (χ4v) is 2.49. The third-order valence-corrected chi connectivity index (χ3v) is 3.52. The van der Waals surface area contributed by atoms with E-state index in [0.717, 1.165) is 11.1 Å². The number of nitrogens with zero attached hydrogens (tertiary/aromatic N) is 4. The normalized spacial score (nSPS) is 10.7. The topological polar surface area (TPSA) is 86.7 Å². The number of nitrogens with two attached hydrogens (primary N) is 1. The summed E-state index contributed by atoms with van der Waals surface area (Å²) in [7, 11) is 1.61. The van der Waals surface area contributed by atoms with Crippen LogP contribution in [0.15, 0.2) is 40.0 Å². The quantitative estimate of drug-likeness (QED) is 0.772. The molecular weight excluding hydrogens is 274 g/mol. The molecule has 0 aliphatic carbocycles. The summed E-state index contributed by atoms with van der Waals surface area (Å²) >= 11 is 1.57. The molecule has 3 heterocycles. The maximum absolute atomic E-state index is 11.4. The standard InChI is InChI=1S/C13H11N5OS/c1-18-11(19)3-2-10(17-18)9-6-15-13(14)16-12(9)8-4-5-20-7-8/h2-7H,1H3,(H2,14,15,16). The third kappa shape index (κ3) is 2.19. The summed E-state index contributed by atoms with van der Waals surface area (Å²) in [6, 6.07) is 5.08. The van der Waals surface area contributed by atoms with Crippen molar-refractivity contribution in [2.24, 2.45) is 7.05 Å². The second-order valence-corrected chi connectivity index (χ2v) is 4.96. The first-order chi connectivity index (χ1) is 9.65. The van der Waals surface area contributed by atoms with Gasteiger partial charge in [0.2, 0.25) is 5.95 Å². The van der Waals surface area contributed by atoms with E-state index < -0.39 is 0 Å². The number of anilines is 1. The molecule has 0 bridgehead atoms. The Morgan fingerprint density at radius 1 is 1.30 bits per heavy atom. The third-order valence-electron chi connectivity index (χ3n) is 2.84. The Balaban J connectivity index is 2.23. The fourth-order valence-electron chi connectivity index (χ4n) is 1.85. The number of aryl methyl sites for hydroxylation is 1. The Kier molecular flexibility index (Phi) is 3.03. The maximum Gasteiger partial charge on any atom is 0.266 e. The first-order valence-corrected chi connectivity index (χ1v) is 6.79. The molecule has 0 amide bonds. The summed E-state index contributed by atoms with van der Waals surface area (Å²) in [6.07, 6.45) is 1.63. The molecule has 3 rings (SSSR count). The zero-order valence-electron chi connectivity index (χ0n) is 10.6. The number of hydrogen-bond acceptors (Lipinski definition) is 6. The van der Waals surface area contributed by atoms with E-state index >= 15 is 0 Å². The van der Waals surface area contributed by atoms with E-state index in [4.69, 9.17) is 5.73 Å². The van der Waals surface area contributed by atoms with Crippen LogP contribution in [0.3, 0.4) is 0 Å². The maximum atomic E-state index is 11.4. The molecule has 0 unspecified atom stereocenters. The molecule has 0 fully saturated rings. The van der Waals surface area contributed by atoms with Crippen LogP contribution in [0.25, 0.3) is 22.5 Å². The van der Waals surface area contributed by atoms with Crippen molar-refractivity contribution in [2.75, 3.05) is 5.73 Å². The highest BCUT2D eigenvalue weighted by molar-refractivity contribution is 7.08. The van der Waals surface area contributed by atoms with Gasteiger partial charge in [0, 0.05) is 35.8 Å². The largest absolute Gasteiger partial charge is 0.368 e. The number of rotatable bonds is 2. The lowest BCUT2D eigenvalue weighted by Crippen LogP contribution is -2.18. The van der Waals surface area contributed by atoms with E-state index in [0.29, 0.717) is 11.4 Å². The van der Waals surface area contributed by atoms with E-state index in [2.05, 4.69) is 15.1 Å². The molecule has 3 aromatic rings. The average Bonchev–Trinajstić information content (AvgIpc) is 2.96. The lowest BCUT2D eigenvalue weighted by atomic mass is 10.1. The molecule has 0 aromatic carbocycles. The lowest BCUT2D eigenvalue weighted by molar-refractivity contribution is 0.712. The Morgan fingerprint density at radius 2 is 2.15 bits per heavy atom. The Labute approximate surface area is 118 Å². The van der Waals surface area contributed by atoms with Gasteiger partial charge in [-0.05, 0) is 17.5 Å². The van der Waals surface area contributed by atoms with Crippen LogP contribution in [0.4, 0.5) is 5.95 Å². The zero-order chi connectivity index (χ0) is 14.1. The van der Waals surface area contributed by atoms with Crippen LogP contribution >= 0.6 is 11.3 Å². The number of thiophene rings is 1. The number of hydrogen-bond donors (Lipinski definition) is 1. The van der Waals surface area contributed by atoms with Gasteiger partial charge in [-0.25, -0.2) is 14.6 Å². The van der Waals surface area contributed by atoms with Crippen LogP contribution < -0.4 is 11.3 Å². The van der Waals surface area contributed by atoms with E-state index in [1.54, 1.807) is 30.6 Å². The molecule has 0 saturated heterocycles. The molecule has 0 aliphatic heterocycles. The van der Waals surface area contributed by atoms with E-state index in [9.17, 15) is 4.79 Å². The van der Waals surface area contributed by atoms with Crippen LogP contribution in [0.2, 0.25) is 0 Å². The predicted molar refractivity (Wildman–Crippen MR) is 78.2 cm³/mol. The second kappa shape index (κ2) is 4.86. The van der Waals surface area contributed by atoms with Gasteiger partial charge < -0.3 is 5.73 Å². The molecule has 100 valence electrons. The second-order valence-electron chi connectivity index (χ2n) is 4.18. The smallest absolute Gasteiger partial charge is 0.266 e. The summed E-state index contributed by atoms with van der Waals surface area (Å²) < 4.78 is 1.28. The van der Waals surface area contributed by atoms with Gasteiger partial charge in [0.25, 0.3) is 5.56 Å². The van der Waals surface area contributed by atoms with Gasteiger partial charge in [0.05, 0.1) is 11.4 Å². The molecule has 0 aliphatic rings. The summed E-state index contributed by atoms with van der Waals surface area (Å²) in [5, 5.41) is 8.17. The van der Waals surface area contributed by atoms with Gasteiger partial charge in [-0.2, -0.15) is 16.4 Å². The first kappa shape index (κ1) is 12.5. The lowest BCUT2D eigenvalue weighted by Gasteiger charge is -2.08. The summed E-state index contributed by atoms with van der Waals surface area (Å²) in [4.78, 5) is 19.7. The zero-order valence-corrected chi connectivity index (χ0v) is 11.5. The Bertz CT molecular complexity index is 810. The minimum absolute atomic E-state index is 0.165. The fraction of sp³-hybridized carbons (Fsp3) is 0.0769. The summed E-state index contributed by atoms with van der Waals surface area (Å²) in [6.45, 7) is 0. The number of nitrogen functional groups attached to an aromatic ring is 1. The molecule has 0 atom stereocenters. The van der Waals surface area contributed by atoms with Gasteiger partial charge in [0.15, 0.2) is 0 Å². The molecule has 0 radical (unpaired) electrons. The Morgan fingerprint density at radius 3 is 2.85 bits per heavy atom. The van der Waals surface area contributed by atoms with Crippen LogP contribution in [0.5, 0.6) is 0 Å². The minimum Gasteiger partial charge on any atom is -0.368 e. The Hall–Kier alpha value is -2.54. The molecule has 3 aromatic heterocycles. The number of aromatic nitrogens is 4. The summed E-state index contributed by atoms with van der Waals surface area (Å²) in [5.74, 6) is 0.208. The van der Waals surface area contributed by atoms with Crippen molar-refractivity contribution < 1.29 is 0 Å². The van der Waals surface area contributed by atoms with Crippen molar-refractivity contribution in [2.45, 2.75) is 0 Å². The van der Waals surface area contributed by atoms with Gasteiger partial charge in [-0.3, -0.25) is 4.79 Å². The van der Waals surface area contributed by atoms with Gasteiger partial charge >= 0.3 is 0 Å². The van der Waals surface area contributed by atoms with Gasteiger partial charge in [-0.1, -0.05) is 0 Å². The van der Waals surface area contributed by atoms with Gasteiger partial charge in [-0.15, -0.1) is 0 Å². The molecule has 6 nitrogen and oxygen atoms in total. The van der Waals surface area contributed by atoms with Crippen molar-refractivity contribution in [3.8, 4) is 22.5 Å². The van der Waals surface area contributed by atoms with Gasteiger partial charge in [0.1, 0.15) is 0 Å². The minimum atomic E-state index is -0.165. The summed E-state index contributed by atoms with van der Waals surface area (Å²) in [5.41, 5.74) is 8.55. The molecule has 2 N–H and O–H groups in total. The molecule has 20 heavy (non-hydrogen) atoms. The molecular formula is C13H11N5OS. The van der Waals surface area contributed by atoms with Crippen molar-refractivity contribution in [1.82, 2.24) is 19.7 Å². The van der Waals surface area contributed by atoms with Crippen molar-refractivity contribution in [3.05, 3.63) is 45.5 Å². The van der Waals surface area contributed by atoms with Crippen molar-refractivity contribution in [3.63, 3.8) is 0 Å². The van der Waals surface area contributed by atoms with Crippen molar-refractivity contribution >= 4 is 17.3 Å². The first-order valence-electron chi connectivity index (χ1n) is 5.85. The monoisotopic (exact) mass is 285 g/mol. The van der Waals surface area contributed by atoms with Crippen LogP contribution in [0, 0.1) is 0 Å². The highest BCUT2D eigenvalue weighted by Crippen LogP contribution is 2.30. The SMILES string of the molecule is Cn1nc(-c2cnc(N)nc2-c2ccsc2)ccc1=O. The predicted octanol–water partition coefficient (Wildman–Crippen LogP) is 1.55. The van der Waals surface area contributed by atoms with E-state index in [1.807, 2.05) is 16.8 Å². The van der Waals surface area contributed by atoms with Crippen LogP contribution in [0.1, 0.15) is 0 Å². The molecule has 0 saturated carbocycles. The molecule has 0 spiro atoms. The average molecular weight is 285 g/mol. The molecule has 7 heteroatoms. The van der Waals surface area contributed by atoms with Crippen LogP contribution in [-0.4, -0.2) is 19.7 Å². The van der Waals surface area contributed by atoms with E-state index in [1.165, 1.54) is 10.7 Å². The van der Waals surface area contributed by atoms with E-state index in [-0.39, 0.29) is 11.5 Å². The highest BCUT2D eigenvalue weighted by Gasteiger charge is 2.13. The van der Waals surface area contributed by atoms with Crippen LogP contribution in [-0.2, 0) is 7.05 Å². The van der Waals surface area contributed by atoms with Crippen molar-refractivity contribution in [1.29, 1.82) is 0 Å².